The van der Waals surface area contributed by atoms with E-state index in [-0.39, 0.29) is 22.3 Å². The van der Waals surface area contributed by atoms with Crippen LogP contribution in [-0.2, 0) is 18.4 Å². The molecule has 0 amide bonds. The van der Waals surface area contributed by atoms with Gasteiger partial charge in [-0.05, 0) is 41.3 Å². The molecule has 3 atom stereocenters. The summed E-state index contributed by atoms with van der Waals surface area (Å²) in [6.45, 7) is -0.852. The molecule has 0 spiro atoms. The second kappa shape index (κ2) is 10.6. The van der Waals surface area contributed by atoms with E-state index in [0.717, 1.165) is 16.5 Å². The van der Waals surface area contributed by atoms with Crippen LogP contribution in [0.4, 0.5) is 11.5 Å². The molecule has 5 rings (SSSR count). The SMILES string of the molecule is COc1cccc2cc(Nc3nc(Cl)nc4c3ncn4[C@@H]3OC(COP(=O)(O)CP(=O)(O)O)=C(O)C3O)ccc12. The first-order valence-corrected chi connectivity index (χ1v) is 15.3. The van der Waals surface area contributed by atoms with E-state index in [0.29, 0.717) is 5.69 Å². The van der Waals surface area contributed by atoms with Gasteiger partial charge in [0.25, 0.3) is 0 Å². The van der Waals surface area contributed by atoms with Crippen molar-refractivity contribution in [3.63, 3.8) is 0 Å². The minimum absolute atomic E-state index is 0.123. The third-order valence-corrected chi connectivity index (χ3v) is 9.46. The number of aromatic nitrogens is 4. The number of imidazole rings is 1. The van der Waals surface area contributed by atoms with Gasteiger partial charge in [-0.15, -0.1) is 0 Å². The average molecular weight is 614 g/mol. The smallest absolute Gasteiger partial charge is 0.340 e. The second-order valence-electron chi connectivity index (χ2n) is 8.67. The molecule has 1 aliphatic rings. The number of benzene rings is 2. The lowest BCUT2D eigenvalue weighted by atomic mass is 10.1. The maximum Gasteiger partial charge on any atom is 0.340 e. The van der Waals surface area contributed by atoms with Gasteiger partial charge < -0.3 is 39.7 Å². The molecule has 2 unspecified atom stereocenters. The summed E-state index contributed by atoms with van der Waals surface area (Å²) in [5, 5.41) is 25.7. The Labute approximate surface area is 230 Å². The van der Waals surface area contributed by atoms with Crippen LogP contribution in [0.2, 0.25) is 5.28 Å². The standard InChI is InChI=1S/C22H22ClN5O10P2/c1-36-14-4-2-3-11-7-12(5-6-13(11)14)25-19-16-20(27-22(23)26-19)28(9-24-16)21-18(30)17(29)15(38-21)8-37-40(34,35)10-39(31,32)33/h2-7,9,18,21,29-30H,8,10H2,1H3,(H,34,35)(H,25,26,27)(H2,31,32,33)/t18?,21-/m1/s1. The molecular formula is C22H22ClN5O10P2. The molecule has 15 nitrogen and oxygen atoms in total. The van der Waals surface area contributed by atoms with Gasteiger partial charge in [0, 0.05) is 11.1 Å². The number of methoxy groups -OCH3 is 1. The van der Waals surface area contributed by atoms with Gasteiger partial charge in [-0.3, -0.25) is 18.2 Å². The first-order valence-electron chi connectivity index (χ1n) is 11.4. The number of aliphatic hydroxyl groups is 2. The number of ether oxygens (including phenoxy) is 2. The van der Waals surface area contributed by atoms with Gasteiger partial charge >= 0.3 is 15.2 Å². The second-order valence-corrected chi connectivity index (χ2v) is 13.0. The highest BCUT2D eigenvalue weighted by atomic mass is 35.5. The first kappa shape index (κ1) is 28.3. The van der Waals surface area contributed by atoms with E-state index in [9.17, 15) is 24.2 Å². The normalized spacial score (nSPS) is 19.1. The van der Waals surface area contributed by atoms with Gasteiger partial charge in [0.2, 0.25) is 11.5 Å². The molecule has 4 aromatic rings. The first-order chi connectivity index (χ1) is 18.8. The number of nitrogens with zero attached hydrogens (tertiary/aromatic N) is 4. The predicted molar refractivity (Wildman–Crippen MR) is 143 cm³/mol. The van der Waals surface area contributed by atoms with E-state index >= 15 is 0 Å². The Kier molecular flexibility index (Phi) is 7.50. The fraction of sp³-hybridized carbons (Fsp3) is 0.227. The van der Waals surface area contributed by atoms with E-state index in [1.807, 2.05) is 36.4 Å². The summed E-state index contributed by atoms with van der Waals surface area (Å²) < 4.78 is 39.9. The Morgan fingerprint density at radius 2 is 1.95 bits per heavy atom. The van der Waals surface area contributed by atoms with Gasteiger partial charge in [0.15, 0.2) is 40.5 Å². The Hall–Kier alpha value is -3.26. The highest BCUT2D eigenvalue weighted by Crippen LogP contribution is 2.55. The summed E-state index contributed by atoms with van der Waals surface area (Å²) in [4.78, 5) is 40.2. The fourth-order valence-corrected chi connectivity index (χ4v) is 6.80. The molecule has 40 heavy (non-hydrogen) atoms. The number of rotatable bonds is 9. The lowest BCUT2D eigenvalue weighted by molar-refractivity contribution is -0.0112. The van der Waals surface area contributed by atoms with Crippen molar-refractivity contribution < 1.29 is 48.0 Å². The van der Waals surface area contributed by atoms with Crippen molar-refractivity contribution in [2.75, 3.05) is 24.9 Å². The van der Waals surface area contributed by atoms with E-state index in [2.05, 4.69) is 24.8 Å². The minimum atomic E-state index is -4.86. The van der Waals surface area contributed by atoms with Crippen LogP contribution in [0.25, 0.3) is 21.9 Å². The van der Waals surface area contributed by atoms with Crippen LogP contribution in [0.3, 0.4) is 0 Å². The predicted octanol–water partition coefficient (Wildman–Crippen LogP) is 3.38. The molecule has 0 fully saturated rings. The summed E-state index contributed by atoms with van der Waals surface area (Å²) in [5.41, 5.74) is 1.03. The Morgan fingerprint density at radius 3 is 2.67 bits per heavy atom. The van der Waals surface area contributed by atoms with E-state index in [1.54, 1.807) is 7.11 Å². The fourth-order valence-electron chi connectivity index (χ4n) is 4.13. The van der Waals surface area contributed by atoms with Crippen molar-refractivity contribution in [1.29, 1.82) is 0 Å². The third-order valence-electron chi connectivity index (χ3n) is 5.85. The van der Waals surface area contributed by atoms with Crippen molar-refractivity contribution in [3.8, 4) is 5.75 Å². The van der Waals surface area contributed by atoms with Gasteiger partial charge in [0.05, 0.1) is 7.11 Å². The summed E-state index contributed by atoms with van der Waals surface area (Å²) in [7, 11) is -8.02. The number of aliphatic hydroxyl groups excluding tert-OH is 2. The van der Waals surface area contributed by atoms with Crippen LogP contribution in [0.15, 0.2) is 54.2 Å². The Morgan fingerprint density at radius 1 is 1.18 bits per heavy atom. The summed E-state index contributed by atoms with van der Waals surface area (Å²) in [5.74, 6) is -1.61. The molecule has 0 radical (unpaired) electrons. The van der Waals surface area contributed by atoms with Crippen LogP contribution in [0.5, 0.6) is 5.75 Å². The number of anilines is 2. The molecule has 6 N–H and O–H groups in total. The summed E-state index contributed by atoms with van der Waals surface area (Å²) in [6.07, 6.45) is -1.74. The van der Waals surface area contributed by atoms with Gasteiger partial charge in [0.1, 0.15) is 18.7 Å². The monoisotopic (exact) mass is 613 g/mol. The van der Waals surface area contributed by atoms with Crippen LogP contribution in [0.1, 0.15) is 6.23 Å². The van der Waals surface area contributed by atoms with Crippen molar-refractivity contribution in [2.45, 2.75) is 12.3 Å². The van der Waals surface area contributed by atoms with Crippen LogP contribution < -0.4 is 10.1 Å². The quantitative estimate of drug-likeness (QED) is 0.118. The molecule has 18 heteroatoms. The number of hydrogen-bond acceptors (Lipinski definition) is 11. The molecule has 1 aliphatic heterocycles. The Balaban J connectivity index is 1.40. The molecule has 0 bridgehead atoms. The zero-order valence-corrected chi connectivity index (χ0v) is 23.0. The molecular weight excluding hydrogens is 592 g/mol. The van der Waals surface area contributed by atoms with Gasteiger partial charge in [-0.25, -0.2) is 4.98 Å². The van der Waals surface area contributed by atoms with Crippen molar-refractivity contribution >= 4 is 60.2 Å². The zero-order valence-electron chi connectivity index (χ0n) is 20.4. The maximum absolute atomic E-state index is 11.9. The molecule has 0 aliphatic carbocycles. The van der Waals surface area contributed by atoms with E-state index in [4.69, 9.17) is 30.9 Å². The lowest BCUT2D eigenvalue weighted by Gasteiger charge is -2.18. The van der Waals surface area contributed by atoms with Crippen LogP contribution in [0, 0.1) is 0 Å². The number of nitrogens with one attached hydrogen (secondary N) is 1. The van der Waals surface area contributed by atoms with E-state index < -0.39 is 51.6 Å². The van der Waals surface area contributed by atoms with Gasteiger partial charge in [-0.1, -0.05) is 12.1 Å². The number of hydrogen-bond donors (Lipinski definition) is 6. The zero-order chi connectivity index (χ0) is 28.8. The van der Waals surface area contributed by atoms with E-state index in [1.165, 1.54) is 10.9 Å². The molecule has 2 aromatic heterocycles. The van der Waals surface area contributed by atoms with Crippen LogP contribution in [-0.4, -0.2) is 70.1 Å². The van der Waals surface area contributed by atoms with Crippen molar-refractivity contribution in [3.05, 3.63) is 59.5 Å². The van der Waals surface area contributed by atoms with Crippen molar-refractivity contribution in [2.24, 2.45) is 0 Å². The molecule has 3 heterocycles. The van der Waals surface area contributed by atoms with Crippen LogP contribution >= 0.6 is 26.8 Å². The average Bonchev–Trinajstić information content (AvgIpc) is 3.41. The van der Waals surface area contributed by atoms with Crippen molar-refractivity contribution in [1.82, 2.24) is 19.5 Å². The summed E-state index contributed by atoms with van der Waals surface area (Å²) in [6, 6.07) is 11.2. The third kappa shape index (κ3) is 5.78. The highest BCUT2D eigenvalue weighted by Gasteiger charge is 2.40. The number of halogens is 1. The molecule has 0 saturated carbocycles. The molecule has 0 saturated heterocycles. The number of fused-ring (bicyclic) bond motifs is 2. The Bertz CT molecular complexity index is 1740. The largest absolute Gasteiger partial charge is 0.506 e. The highest BCUT2D eigenvalue weighted by molar-refractivity contribution is 7.70. The topological polar surface area (TPSA) is 219 Å². The molecule has 2 aromatic carbocycles. The maximum atomic E-state index is 11.9. The lowest BCUT2D eigenvalue weighted by Crippen LogP contribution is -2.22. The minimum Gasteiger partial charge on any atom is -0.506 e. The van der Waals surface area contributed by atoms with Gasteiger partial charge in [-0.2, -0.15) is 9.97 Å². The molecule has 212 valence electrons. The summed E-state index contributed by atoms with van der Waals surface area (Å²) >= 11 is 6.18.